The van der Waals surface area contributed by atoms with Gasteiger partial charge in [-0.2, -0.15) is 0 Å². The molecule has 17 heavy (non-hydrogen) atoms. The number of nitrogens with zero attached hydrogens (tertiary/aromatic N) is 2. The maximum Gasteiger partial charge on any atom is 0.141 e. The van der Waals surface area contributed by atoms with Gasteiger partial charge in [-0.25, -0.2) is 0 Å². The third-order valence-corrected chi connectivity index (χ3v) is 3.97. The first-order chi connectivity index (χ1) is 8.16. The van der Waals surface area contributed by atoms with Crippen LogP contribution in [0.4, 0.5) is 0 Å². The van der Waals surface area contributed by atoms with Gasteiger partial charge in [0.2, 0.25) is 0 Å². The minimum Gasteiger partial charge on any atom is -0.361 e. The lowest BCUT2D eigenvalue weighted by molar-refractivity contribution is 0.393. The molecule has 0 N–H and O–H groups in total. The van der Waals surface area contributed by atoms with Crippen LogP contribution in [0.3, 0.4) is 0 Å². The van der Waals surface area contributed by atoms with Crippen LogP contribution in [-0.4, -0.2) is 10.1 Å². The molecule has 1 aliphatic carbocycles. The predicted molar refractivity (Wildman–Crippen MR) is 74.9 cm³/mol. The number of rotatable bonds is 1. The third kappa shape index (κ3) is 1.71. The van der Waals surface area contributed by atoms with E-state index in [0.29, 0.717) is 0 Å². The lowest BCUT2D eigenvalue weighted by Crippen LogP contribution is -1.91. The van der Waals surface area contributed by atoms with Gasteiger partial charge in [0, 0.05) is 20.9 Å². The first-order valence-corrected chi connectivity index (χ1v) is 6.53. The second kappa shape index (κ2) is 3.94. The van der Waals surface area contributed by atoms with Gasteiger partial charge in [-0.05, 0) is 54.5 Å². The molecule has 86 valence electrons. The molecule has 0 saturated heterocycles. The number of hydrogen-bond acceptors (Lipinski definition) is 3. The van der Waals surface area contributed by atoms with Gasteiger partial charge in [0.25, 0.3) is 0 Å². The summed E-state index contributed by atoms with van der Waals surface area (Å²) in [6.45, 7) is 3.89. The van der Waals surface area contributed by atoms with E-state index in [1.165, 1.54) is 9.14 Å². The molecule has 2 heterocycles. The van der Waals surface area contributed by atoms with E-state index in [-0.39, 0.29) is 0 Å². The number of halogens is 1. The average Bonchev–Trinajstić information content (AvgIpc) is 2.83. The second-order valence-electron chi connectivity index (χ2n) is 4.19. The number of allylic oxidation sites excluding steroid dienone is 1. The van der Waals surface area contributed by atoms with Crippen LogP contribution in [0.15, 0.2) is 22.9 Å². The molecule has 0 radical (unpaired) electrons. The van der Waals surface area contributed by atoms with Crippen molar-refractivity contribution in [2.24, 2.45) is 0 Å². The van der Waals surface area contributed by atoms with Crippen molar-refractivity contribution in [2.45, 2.75) is 20.3 Å². The molecule has 0 atom stereocenters. The highest BCUT2D eigenvalue weighted by atomic mass is 127. The molecule has 0 bridgehead atoms. The van der Waals surface area contributed by atoms with Crippen LogP contribution in [0.25, 0.3) is 14.7 Å². The first-order valence-electron chi connectivity index (χ1n) is 5.45. The Bertz CT molecular complexity index is 609. The highest BCUT2D eigenvalue weighted by molar-refractivity contribution is 14.1. The Morgan fingerprint density at radius 1 is 1.35 bits per heavy atom. The normalized spacial score (nSPS) is 13.7. The van der Waals surface area contributed by atoms with Crippen molar-refractivity contribution < 1.29 is 4.52 Å². The zero-order valence-corrected chi connectivity index (χ0v) is 11.8. The molecule has 0 spiro atoms. The number of fused-ring (bicyclic) bond motifs is 1. The molecule has 0 saturated carbocycles. The van der Waals surface area contributed by atoms with E-state index >= 15 is 0 Å². The molecule has 0 amide bonds. The van der Waals surface area contributed by atoms with Crippen LogP contribution in [0.2, 0.25) is 0 Å². The molecule has 3 nitrogen and oxygen atoms in total. The van der Waals surface area contributed by atoms with Crippen LogP contribution in [0.5, 0.6) is 0 Å². The molecule has 4 heteroatoms. The van der Waals surface area contributed by atoms with Crippen LogP contribution < -0.4 is 0 Å². The van der Waals surface area contributed by atoms with Crippen LogP contribution in [0.1, 0.15) is 22.7 Å². The first kappa shape index (κ1) is 11.0. The van der Waals surface area contributed by atoms with Gasteiger partial charge in [0.05, 0.1) is 11.4 Å². The fourth-order valence-corrected chi connectivity index (χ4v) is 2.91. The minimum atomic E-state index is 0.852. The zero-order chi connectivity index (χ0) is 12.0. The molecule has 0 unspecified atom stereocenters. The molecule has 0 aliphatic heterocycles. The molecule has 0 aromatic carbocycles. The minimum absolute atomic E-state index is 0.852. The summed E-state index contributed by atoms with van der Waals surface area (Å²) >= 11 is 2.33. The predicted octanol–water partition coefficient (Wildman–Crippen LogP) is 3.69. The molecule has 1 aliphatic rings. The van der Waals surface area contributed by atoms with Crippen molar-refractivity contribution in [1.29, 1.82) is 0 Å². The number of aryl methyl sites for hydroxylation is 2. The van der Waals surface area contributed by atoms with E-state index in [0.717, 1.165) is 34.7 Å². The molecule has 0 fully saturated rings. The molecule has 2 aromatic rings. The van der Waals surface area contributed by atoms with Crippen LogP contribution in [0, 0.1) is 13.8 Å². The summed E-state index contributed by atoms with van der Waals surface area (Å²) in [6.07, 6.45) is 5.08. The van der Waals surface area contributed by atoms with Crippen molar-refractivity contribution in [3.05, 3.63) is 41.1 Å². The number of aromatic nitrogens is 2. The average molecular weight is 338 g/mol. The Morgan fingerprint density at radius 3 is 2.88 bits per heavy atom. The Morgan fingerprint density at radius 2 is 2.18 bits per heavy atom. The van der Waals surface area contributed by atoms with Gasteiger partial charge in [0.15, 0.2) is 0 Å². The standard InChI is InChI=1S/C13H11IN2O/c1-7-12(8(2)17-16-7)10-5-9-3-4-11(14)13(9)15-6-10/h4-6H,3H2,1-2H3. The van der Waals surface area contributed by atoms with E-state index in [9.17, 15) is 0 Å². The highest BCUT2D eigenvalue weighted by Crippen LogP contribution is 2.34. The van der Waals surface area contributed by atoms with Crippen molar-refractivity contribution in [3.63, 3.8) is 0 Å². The fraction of sp³-hybridized carbons (Fsp3) is 0.231. The lowest BCUT2D eigenvalue weighted by Gasteiger charge is -2.04. The van der Waals surface area contributed by atoms with Crippen molar-refractivity contribution in [3.8, 4) is 11.1 Å². The van der Waals surface area contributed by atoms with Gasteiger partial charge >= 0.3 is 0 Å². The maximum absolute atomic E-state index is 5.20. The quantitative estimate of drug-likeness (QED) is 0.745. The third-order valence-electron chi connectivity index (χ3n) is 3.02. The summed E-state index contributed by atoms with van der Waals surface area (Å²) in [4.78, 5) is 4.53. The maximum atomic E-state index is 5.20. The van der Waals surface area contributed by atoms with Crippen molar-refractivity contribution >= 4 is 26.2 Å². The summed E-state index contributed by atoms with van der Waals surface area (Å²) < 4.78 is 6.44. The Labute approximate surface area is 113 Å². The smallest absolute Gasteiger partial charge is 0.141 e. The second-order valence-corrected chi connectivity index (χ2v) is 5.35. The highest BCUT2D eigenvalue weighted by Gasteiger charge is 2.17. The van der Waals surface area contributed by atoms with Gasteiger partial charge in [0.1, 0.15) is 5.76 Å². The molecular formula is C13H11IN2O. The van der Waals surface area contributed by atoms with E-state index in [2.05, 4.69) is 44.9 Å². The van der Waals surface area contributed by atoms with E-state index in [4.69, 9.17) is 4.52 Å². The summed E-state index contributed by atoms with van der Waals surface area (Å²) in [5.74, 6) is 0.852. The van der Waals surface area contributed by atoms with Crippen molar-refractivity contribution in [1.82, 2.24) is 10.1 Å². The van der Waals surface area contributed by atoms with E-state index < -0.39 is 0 Å². The SMILES string of the molecule is Cc1noc(C)c1-c1cnc2c(c1)CC=C2I. The lowest BCUT2D eigenvalue weighted by atomic mass is 10.0. The largest absolute Gasteiger partial charge is 0.361 e. The monoisotopic (exact) mass is 338 g/mol. The van der Waals surface area contributed by atoms with Gasteiger partial charge in [-0.15, -0.1) is 0 Å². The zero-order valence-electron chi connectivity index (χ0n) is 9.62. The molecule has 2 aromatic heterocycles. The topological polar surface area (TPSA) is 38.9 Å². The summed E-state index contributed by atoms with van der Waals surface area (Å²) in [6, 6.07) is 2.19. The number of hydrogen-bond donors (Lipinski definition) is 0. The molecule has 3 rings (SSSR count). The van der Waals surface area contributed by atoms with Gasteiger partial charge in [-0.1, -0.05) is 11.2 Å². The van der Waals surface area contributed by atoms with Gasteiger partial charge < -0.3 is 4.52 Å². The van der Waals surface area contributed by atoms with E-state index in [1.54, 1.807) is 0 Å². The number of pyridine rings is 1. The fourth-order valence-electron chi connectivity index (χ4n) is 2.21. The summed E-state index contributed by atoms with van der Waals surface area (Å²) in [5.41, 5.74) is 5.49. The Hall–Kier alpha value is -1.17. The summed E-state index contributed by atoms with van der Waals surface area (Å²) in [7, 11) is 0. The van der Waals surface area contributed by atoms with E-state index in [1.807, 2.05) is 20.0 Å². The Balaban J connectivity index is 2.13. The van der Waals surface area contributed by atoms with Gasteiger partial charge in [-0.3, -0.25) is 4.98 Å². The Kier molecular flexibility index (Phi) is 2.54. The molecular weight excluding hydrogens is 327 g/mol. The summed E-state index contributed by atoms with van der Waals surface area (Å²) in [5, 5.41) is 3.98. The van der Waals surface area contributed by atoms with Crippen LogP contribution >= 0.6 is 22.6 Å². The van der Waals surface area contributed by atoms with Crippen molar-refractivity contribution in [2.75, 3.05) is 0 Å². The van der Waals surface area contributed by atoms with Crippen LogP contribution in [-0.2, 0) is 6.42 Å².